The number of hydrogen-bond donors (Lipinski definition) is 2. The van der Waals surface area contributed by atoms with Gasteiger partial charge in [-0.2, -0.15) is 5.21 Å². The highest BCUT2D eigenvalue weighted by Gasteiger charge is 2.25. The number of tetrazole rings is 1. The summed E-state index contributed by atoms with van der Waals surface area (Å²) >= 11 is 0. The smallest absolute Gasteiger partial charge is 0.310 e. The first kappa shape index (κ1) is 24.4. The van der Waals surface area contributed by atoms with Crippen LogP contribution in [0.25, 0.3) is 33.5 Å². The van der Waals surface area contributed by atoms with E-state index in [0.29, 0.717) is 18.3 Å². The number of para-hydroxylation sites is 1. The molecule has 0 aliphatic heterocycles. The maximum atomic E-state index is 12.1. The number of rotatable bonds is 9. The number of nitrogens with zero attached hydrogens (tertiary/aromatic N) is 4. The van der Waals surface area contributed by atoms with Gasteiger partial charge in [-0.15, -0.1) is 10.2 Å². The van der Waals surface area contributed by atoms with E-state index in [4.69, 9.17) is 9.72 Å². The first-order valence-corrected chi connectivity index (χ1v) is 12.6. The maximum Gasteiger partial charge on any atom is 0.310 e. The Morgan fingerprint density at radius 2 is 1.76 bits per heavy atom. The van der Waals surface area contributed by atoms with Crippen LogP contribution in [0.1, 0.15) is 50.1 Å². The minimum Gasteiger partial charge on any atom is -0.466 e. The fourth-order valence-electron chi connectivity index (χ4n) is 4.84. The Kier molecular flexibility index (Phi) is 7.07. The quantitative estimate of drug-likeness (QED) is 0.255. The number of esters is 1. The van der Waals surface area contributed by atoms with Crippen LogP contribution in [0.3, 0.4) is 0 Å². The molecule has 2 unspecified atom stereocenters. The summed E-state index contributed by atoms with van der Waals surface area (Å²) in [5.74, 6) is 1.66. The maximum absolute atomic E-state index is 12.1. The van der Waals surface area contributed by atoms with Gasteiger partial charge >= 0.3 is 5.97 Å². The molecule has 2 aromatic heterocycles. The summed E-state index contributed by atoms with van der Waals surface area (Å²) in [6, 6.07) is 22.6. The van der Waals surface area contributed by atoms with Crippen molar-refractivity contribution in [3.05, 3.63) is 83.7 Å². The number of ether oxygens (including phenoxy) is 1. The van der Waals surface area contributed by atoms with Crippen LogP contribution >= 0.6 is 0 Å². The van der Waals surface area contributed by atoms with E-state index in [0.717, 1.165) is 45.5 Å². The lowest BCUT2D eigenvalue weighted by atomic mass is 9.84. The number of aromatic nitrogens is 6. The van der Waals surface area contributed by atoms with Gasteiger partial charge in [-0.25, -0.2) is 4.98 Å². The molecule has 3 aromatic carbocycles. The molecule has 5 rings (SSSR count). The van der Waals surface area contributed by atoms with Gasteiger partial charge in [0.15, 0.2) is 0 Å². The highest BCUT2D eigenvalue weighted by molar-refractivity contribution is 5.84. The zero-order valence-corrected chi connectivity index (χ0v) is 21.2. The van der Waals surface area contributed by atoms with Crippen LogP contribution < -0.4 is 0 Å². The molecule has 0 radical (unpaired) electrons. The van der Waals surface area contributed by atoms with Crippen molar-refractivity contribution in [3.8, 4) is 22.5 Å². The van der Waals surface area contributed by atoms with Crippen molar-refractivity contribution >= 4 is 17.0 Å². The second kappa shape index (κ2) is 10.7. The van der Waals surface area contributed by atoms with Gasteiger partial charge < -0.3 is 9.72 Å². The van der Waals surface area contributed by atoms with Crippen LogP contribution in [0, 0.1) is 5.92 Å². The van der Waals surface area contributed by atoms with Crippen LogP contribution in [0.2, 0.25) is 0 Å². The molecule has 2 N–H and O–H groups in total. The Balaban J connectivity index is 1.50. The van der Waals surface area contributed by atoms with E-state index in [-0.39, 0.29) is 18.3 Å². The molecule has 0 spiro atoms. The van der Waals surface area contributed by atoms with Gasteiger partial charge in [0.25, 0.3) is 0 Å². The molecule has 8 nitrogen and oxygen atoms in total. The summed E-state index contributed by atoms with van der Waals surface area (Å²) in [5, 5.41) is 14.6. The van der Waals surface area contributed by atoms with Gasteiger partial charge in [0.1, 0.15) is 5.82 Å². The number of hydrogen-bond acceptors (Lipinski definition) is 6. The Labute approximate surface area is 215 Å². The van der Waals surface area contributed by atoms with Crippen LogP contribution in [0.5, 0.6) is 0 Å². The summed E-state index contributed by atoms with van der Waals surface area (Å²) in [6.45, 7) is 6.63. The molecule has 8 heteroatoms. The fourth-order valence-corrected chi connectivity index (χ4v) is 4.84. The third-order valence-electron chi connectivity index (χ3n) is 6.86. The van der Waals surface area contributed by atoms with Crippen molar-refractivity contribution in [1.29, 1.82) is 0 Å². The number of H-pyrrole nitrogens is 2. The topological polar surface area (TPSA) is 109 Å². The summed E-state index contributed by atoms with van der Waals surface area (Å²) < 4.78 is 5.16. The van der Waals surface area contributed by atoms with Gasteiger partial charge in [0.05, 0.1) is 24.1 Å². The van der Waals surface area contributed by atoms with Crippen LogP contribution in [0.4, 0.5) is 0 Å². The summed E-state index contributed by atoms with van der Waals surface area (Å²) in [6.07, 6.45) is 1.21. The van der Waals surface area contributed by atoms with E-state index >= 15 is 0 Å². The van der Waals surface area contributed by atoms with Crippen molar-refractivity contribution in [1.82, 2.24) is 30.6 Å². The number of nitrogens with one attached hydrogen (secondary N) is 2. The number of fused-ring (bicyclic) bond motifs is 1. The van der Waals surface area contributed by atoms with Crippen molar-refractivity contribution in [2.45, 2.75) is 39.5 Å². The molecular weight excluding hydrogens is 464 g/mol. The molecule has 2 heterocycles. The molecule has 0 saturated carbocycles. The number of imidazole rings is 1. The zero-order chi connectivity index (χ0) is 25.8. The molecule has 0 aliphatic rings. The first-order chi connectivity index (χ1) is 18.1. The molecule has 5 aromatic rings. The Morgan fingerprint density at radius 1 is 0.973 bits per heavy atom. The molecular formula is C29H30N6O2. The normalized spacial score (nSPS) is 12.9. The van der Waals surface area contributed by atoms with Crippen LogP contribution in [-0.2, 0) is 16.0 Å². The van der Waals surface area contributed by atoms with E-state index in [1.165, 1.54) is 5.56 Å². The minimum atomic E-state index is -0.241. The SMILES string of the molecule is CCOC(=O)Cc1cccc2[nH]c(C(c3ccc(-c4ccccc4-c4nn[nH]n4)cc3)C(C)CC)nc12. The van der Waals surface area contributed by atoms with Gasteiger partial charge in [-0.1, -0.05) is 80.9 Å². The molecule has 188 valence electrons. The number of benzene rings is 3. The zero-order valence-electron chi connectivity index (χ0n) is 21.2. The average molecular weight is 495 g/mol. The highest BCUT2D eigenvalue weighted by atomic mass is 16.5. The number of carbonyl (C=O) groups is 1. The van der Waals surface area contributed by atoms with E-state index < -0.39 is 0 Å². The van der Waals surface area contributed by atoms with E-state index in [1.807, 2.05) is 43.3 Å². The summed E-state index contributed by atoms with van der Waals surface area (Å²) in [5.41, 5.74) is 6.85. The predicted molar refractivity (Wildman–Crippen MR) is 143 cm³/mol. The lowest BCUT2D eigenvalue weighted by molar-refractivity contribution is -0.142. The van der Waals surface area contributed by atoms with E-state index in [9.17, 15) is 4.79 Å². The van der Waals surface area contributed by atoms with Gasteiger partial charge in [0, 0.05) is 11.5 Å². The summed E-state index contributed by atoms with van der Waals surface area (Å²) in [4.78, 5) is 20.7. The molecule has 0 fully saturated rings. The van der Waals surface area contributed by atoms with Crippen LogP contribution in [0.15, 0.2) is 66.7 Å². The Bertz CT molecular complexity index is 1490. The lowest BCUT2D eigenvalue weighted by Gasteiger charge is -2.22. The highest BCUT2D eigenvalue weighted by Crippen LogP contribution is 2.36. The molecule has 0 saturated heterocycles. The van der Waals surface area contributed by atoms with E-state index in [2.05, 4.69) is 69.8 Å². The first-order valence-electron chi connectivity index (χ1n) is 12.6. The molecule has 37 heavy (non-hydrogen) atoms. The van der Waals surface area contributed by atoms with Crippen molar-refractivity contribution < 1.29 is 9.53 Å². The van der Waals surface area contributed by atoms with Gasteiger partial charge in [-0.3, -0.25) is 4.79 Å². The monoisotopic (exact) mass is 494 g/mol. The van der Waals surface area contributed by atoms with Crippen molar-refractivity contribution in [2.75, 3.05) is 6.61 Å². The summed E-state index contributed by atoms with van der Waals surface area (Å²) in [7, 11) is 0. The largest absolute Gasteiger partial charge is 0.466 e. The Morgan fingerprint density at radius 3 is 2.46 bits per heavy atom. The third-order valence-corrected chi connectivity index (χ3v) is 6.86. The predicted octanol–water partition coefficient (Wildman–Crippen LogP) is 5.69. The average Bonchev–Trinajstić information content (AvgIpc) is 3.60. The minimum absolute atomic E-state index is 0.0781. The van der Waals surface area contributed by atoms with Crippen molar-refractivity contribution in [3.63, 3.8) is 0 Å². The molecule has 0 amide bonds. The molecule has 0 aliphatic carbocycles. The van der Waals surface area contributed by atoms with Gasteiger partial charge in [0.2, 0.25) is 5.82 Å². The van der Waals surface area contributed by atoms with Crippen LogP contribution in [-0.4, -0.2) is 43.2 Å². The second-order valence-corrected chi connectivity index (χ2v) is 9.18. The van der Waals surface area contributed by atoms with E-state index in [1.54, 1.807) is 0 Å². The number of aromatic amines is 2. The van der Waals surface area contributed by atoms with Gasteiger partial charge in [-0.05, 0) is 46.4 Å². The second-order valence-electron chi connectivity index (χ2n) is 9.18. The fraction of sp³-hybridized carbons (Fsp3) is 0.276. The third kappa shape index (κ3) is 5.00. The Hall–Kier alpha value is -4.33. The molecule has 0 bridgehead atoms. The lowest BCUT2D eigenvalue weighted by Crippen LogP contribution is -2.12. The van der Waals surface area contributed by atoms with Crippen molar-refractivity contribution in [2.24, 2.45) is 5.92 Å². The molecule has 2 atom stereocenters. The number of carbonyl (C=O) groups excluding carboxylic acids is 1. The standard InChI is InChI=1S/C29H30N6O2/c1-4-18(3)26(29-30-24-12-8-9-21(27(24)31-29)17-25(36)37-5-2)20-15-13-19(14-16-20)22-10-6-7-11-23(22)28-32-34-35-33-28/h6-16,18,26H,4-5,17H2,1-3H3,(H,30,31)(H,32,33,34,35).